The van der Waals surface area contributed by atoms with Crippen LogP contribution in [0, 0.1) is 0 Å². The lowest BCUT2D eigenvalue weighted by atomic mass is 9.95. The third kappa shape index (κ3) is 3.81. The lowest BCUT2D eigenvalue weighted by molar-refractivity contribution is -0.141. The van der Waals surface area contributed by atoms with Crippen LogP contribution < -0.4 is 0 Å². The van der Waals surface area contributed by atoms with Crippen LogP contribution in [-0.2, 0) is 11.2 Å². The highest BCUT2D eigenvalue weighted by atomic mass is 16.4. The van der Waals surface area contributed by atoms with Gasteiger partial charge in [-0.15, -0.1) is 0 Å². The van der Waals surface area contributed by atoms with E-state index in [4.69, 9.17) is 10.2 Å². The average Bonchev–Trinajstić information content (AvgIpc) is 2.28. The van der Waals surface area contributed by atoms with Crippen molar-refractivity contribution >= 4 is 5.97 Å². The van der Waals surface area contributed by atoms with Gasteiger partial charge in [-0.2, -0.15) is 0 Å². The Bertz CT molecular complexity index is 377. The highest BCUT2D eigenvalue weighted by molar-refractivity contribution is 5.67. The zero-order chi connectivity index (χ0) is 12.8. The predicted molar refractivity (Wildman–Crippen MR) is 60.5 cm³/mol. The predicted octanol–water partition coefficient (Wildman–Crippen LogP) is 0.0904. The summed E-state index contributed by atoms with van der Waals surface area (Å²) in [5.41, 5.74) is 1.15. The number of carbonyl (C=O) groups is 1. The van der Waals surface area contributed by atoms with E-state index in [2.05, 4.69) is 0 Å². The van der Waals surface area contributed by atoms with E-state index in [0.29, 0.717) is 17.5 Å². The molecule has 0 spiro atoms. The summed E-state index contributed by atoms with van der Waals surface area (Å²) in [6, 6.07) is 6.78. The van der Waals surface area contributed by atoms with E-state index in [1.54, 1.807) is 24.3 Å². The number of aliphatic hydroxyl groups excluding tert-OH is 3. The molecule has 0 fully saturated rings. The molecule has 17 heavy (non-hydrogen) atoms. The summed E-state index contributed by atoms with van der Waals surface area (Å²) >= 11 is 0. The van der Waals surface area contributed by atoms with E-state index in [-0.39, 0.29) is 6.61 Å². The van der Waals surface area contributed by atoms with Gasteiger partial charge < -0.3 is 20.4 Å². The Kier molecular flexibility index (Phi) is 5.09. The number of rotatable bonds is 6. The molecular weight excluding hydrogens is 224 g/mol. The molecule has 1 rings (SSSR count). The zero-order valence-corrected chi connectivity index (χ0v) is 9.28. The summed E-state index contributed by atoms with van der Waals surface area (Å²) in [5, 5.41) is 36.8. The zero-order valence-electron chi connectivity index (χ0n) is 9.28. The maximum atomic E-state index is 10.4. The van der Waals surface area contributed by atoms with E-state index in [0.717, 1.165) is 0 Å². The largest absolute Gasteiger partial charge is 0.481 e. The third-order valence-electron chi connectivity index (χ3n) is 2.50. The van der Waals surface area contributed by atoms with Gasteiger partial charge in [-0.25, -0.2) is 0 Å². The van der Waals surface area contributed by atoms with Crippen molar-refractivity contribution in [1.29, 1.82) is 0 Å². The summed E-state index contributed by atoms with van der Waals surface area (Å²) in [6.07, 6.45) is -2.78. The summed E-state index contributed by atoms with van der Waals surface area (Å²) in [4.78, 5) is 10.4. The first kappa shape index (κ1) is 13.6. The van der Waals surface area contributed by atoms with Crippen LogP contribution in [0.5, 0.6) is 0 Å². The van der Waals surface area contributed by atoms with Gasteiger partial charge in [0.1, 0.15) is 6.10 Å². The van der Waals surface area contributed by atoms with Gasteiger partial charge in [0.25, 0.3) is 0 Å². The molecule has 0 amide bonds. The van der Waals surface area contributed by atoms with Gasteiger partial charge in [0, 0.05) is 6.61 Å². The minimum atomic E-state index is -1.35. The normalized spacial score (nSPS) is 14.3. The molecule has 0 bridgehead atoms. The Morgan fingerprint density at radius 3 is 2.47 bits per heavy atom. The Morgan fingerprint density at radius 2 is 1.88 bits per heavy atom. The smallest absolute Gasteiger partial charge is 0.306 e. The molecule has 94 valence electrons. The Hall–Kier alpha value is -1.43. The first-order valence-electron chi connectivity index (χ1n) is 5.33. The second-order valence-electron chi connectivity index (χ2n) is 3.78. The van der Waals surface area contributed by atoms with Gasteiger partial charge >= 0.3 is 5.97 Å². The first-order valence-corrected chi connectivity index (χ1v) is 5.33. The second kappa shape index (κ2) is 6.34. The fraction of sp³-hybridized carbons (Fsp3) is 0.417. The third-order valence-corrected chi connectivity index (χ3v) is 2.50. The van der Waals surface area contributed by atoms with Crippen molar-refractivity contribution in [2.45, 2.75) is 25.0 Å². The van der Waals surface area contributed by atoms with Crippen LogP contribution in [0.4, 0.5) is 0 Å². The summed E-state index contributed by atoms with van der Waals surface area (Å²) in [5.74, 6) is -1.17. The van der Waals surface area contributed by atoms with Crippen molar-refractivity contribution in [1.82, 2.24) is 0 Å². The molecule has 1 aromatic rings. The van der Waals surface area contributed by atoms with E-state index in [9.17, 15) is 15.0 Å². The molecule has 0 saturated carbocycles. The number of aliphatic hydroxyl groups is 3. The lowest BCUT2D eigenvalue weighted by Crippen LogP contribution is -2.22. The van der Waals surface area contributed by atoms with E-state index >= 15 is 0 Å². The molecule has 2 unspecified atom stereocenters. The van der Waals surface area contributed by atoms with Crippen molar-refractivity contribution in [3.8, 4) is 0 Å². The molecule has 4 N–H and O–H groups in total. The van der Waals surface area contributed by atoms with Crippen LogP contribution in [0.3, 0.4) is 0 Å². The topological polar surface area (TPSA) is 98.0 Å². The fourth-order valence-corrected chi connectivity index (χ4v) is 1.67. The quantitative estimate of drug-likeness (QED) is 0.565. The molecule has 0 aliphatic carbocycles. The van der Waals surface area contributed by atoms with E-state index in [1.807, 2.05) is 0 Å². The molecule has 0 aliphatic rings. The highest BCUT2D eigenvalue weighted by Crippen LogP contribution is 2.23. The van der Waals surface area contributed by atoms with Crippen LogP contribution in [0.1, 0.15) is 23.7 Å². The average molecular weight is 240 g/mol. The van der Waals surface area contributed by atoms with Gasteiger partial charge in [0.2, 0.25) is 0 Å². The van der Waals surface area contributed by atoms with Crippen LogP contribution in [0.15, 0.2) is 24.3 Å². The molecule has 0 radical (unpaired) electrons. The Labute approximate surface area is 99.0 Å². The standard InChI is InChI=1S/C12H16O5/c13-6-5-8-3-1-2-4-9(8)12(17)10(14)7-11(15)16/h1-4,10,12-14,17H,5-7H2,(H,15,16). The monoisotopic (exact) mass is 240 g/mol. The van der Waals surface area contributed by atoms with Gasteiger partial charge in [-0.3, -0.25) is 4.79 Å². The van der Waals surface area contributed by atoms with Crippen molar-refractivity contribution in [2.24, 2.45) is 0 Å². The maximum Gasteiger partial charge on any atom is 0.306 e. The van der Waals surface area contributed by atoms with Crippen molar-refractivity contribution < 1.29 is 25.2 Å². The summed E-state index contributed by atoms with van der Waals surface area (Å²) in [7, 11) is 0. The molecule has 5 nitrogen and oxygen atoms in total. The van der Waals surface area contributed by atoms with Crippen molar-refractivity contribution in [3.05, 3.63) is 35.4 Å². The van der Waals surface area contributed by atoms with Gasteiger partial charge in [-0.1, -0.05) is 24.3 Å². The molecule has 2 atom stereocenters. The van der Waals surface area contributed by atoms with Crippen LogP contribution >= 0.6 is 0 Å². The van der Waals surface area contributed by atoms with Crippen LogP contribution in [0.2, 0.25) is 0 Å². The van der Waals surface area contributed by atoms with Crippen LogP contribution in [-0.4, -0.2) is 39.1 Å². The maximum absolute atomic E-state index is 10.4. The Morgan fingerprint density at radius 1 is 1.24 bits per heavy atom. The van der Waals surface area contributed by atoms with Crippen LogP contribution in [0.25, 0.3) is 0 Å². The van der Waals surface area contributed by atoms with Crippen molar-refractivity contribution in [2.75, 3.05) is 6.61 Å². The number of carboxylic acids is 1. The van der Waals surface area contributed by atoms with E-state index < -0.39 is 24.6 Å². The second-order valence-corrected chi connectivity index (χ2v) is 3.78. The molecular formula is C12H16O5. The van der Waals surface area contributed by atoms with E-state index in [1.165, 1.54) is 0 Å². The molecule has 1 aromatic carbocycles. The minimum absolute atomic E-state index is 0.0707. The summed E-state index contributed by atoms with van der Waals surface area (Å²) < 4.78 is 0. The molecule has 0 heterocycles. The summed E-state index contributed by atoms with van der Waals surface area (Å²) in [6.45, 7) is -0.0707. The lowest BCUT2D eigenvalue weighted by Gasteiger charge is -2.19. The number of hydrogen-bond acceptors (Lipinski definition) is 4. The SMILES string of the molecule is O=C(O)CC(O)C(O)c1ccccc1CCO. The van der Waals surface area contributed by atoms with Crippen molar-refractivity contribution in [3.63, 3.8) is 0 Å². The molecule has 0 aromatic heterocycles. The fourth-order valence-electron chi connectivity index (χ4n) is 1.67. The molecule has 0 aliphatic heterocycles. The number of carboxylic acid groups (broad SMARTS) is 1. The Balaban J connectivity index is 2.86. The number of aliphatic carboxylic acids is 1. The molecule has 5 heteroatoms. The first-order chi connectivity index (χ1) is 8.06. The van der Waals surface area contributed by atoms with Gasteiger partial charge in [-0.05, 0) is 17.5 Å². The number of hydrogen-bond donors (Lipinski definition) is 4. The minimum Gasteiger partial charge on any atom is -0.481 e. The molecule has 0 saturated heterocycles. The number of benzene rings is 1. The van der Waals surface area contributed by atoms with Gasteiger partial charge in [0.15, 0.2) is 0 Å². The van der Waals surface area contributed by atoms with Gasteiger partial charge in [0.05, 0.1) is 12.5 Å². The highest BCUT2D eigenvalue weighted by Gasteiger charge is 2.22.